The highest BCUT2D eigenvalue weighted by molar-refractivity contribution is 5.88. The van der Waals surface area contributed by atoms with Crippen molar-refractivity contribution in [2.45, 2.75) is 78.4 Å². The fraction of sp³-hybridized carbons (Fsp3) is 0.481. The van der Waals surface area contributed by atoms with Crippen molar-refractivity contribution in [3.05, 3.63) is 64.7 Å². The summed E-state index contributed by atoms with van der Waals surface area (Å²) >= 11 is 0. The SMILES string of the molecule is CCC(C(=O)NC1CCCC1)N(Cc1ccccc1C)C(=O)COc1cccc(C)c1C. The molecule has 0 radical (unpaired) electrons. The van der Waals surface area contributed by atoms with Gasteiger partial charge in [-0.1, -0.05) is 56.2 Å². The number of benzene rings is 2. The summed E-state index contributed by atoms with van der Waals surface area (Å²) in [6.45, 7) is 8.30. The van der Waals surface area contributed by atoms with Gasteiger partial charge in [0.25, 0.3) is 5.91 Å². The number of amides is 2. The zero-order valence-corrected chi connectivity index (χ0v) is 19.8. The first-order valence-corrected chi connectivity index (χ1v) is 11.7. The van der Waals surface area contributed by atoms with E-state index >= 15 is 0 Å². The van der Waals surface area contributed by atoms with Gasteiger partial charge in [0.2, 0.25) is 5.91 Å². The van der Waals surface area contributed by atoms with Gasteiger partial charge in [0.05, 0.1) is 0 Å². The van der Waals surface area contributed by atoms with Gasteiger partial charge in [0, 0.05) is 12.6 Å². The molecule has 1 saturated carbocycles. The second kappa shape index (κ2) is 11.2. The van der Waals surface area contributed by atoms with Crippen LogP contribution in [-0.4, -0.2) is 35.4 Å². The predicted octanol–water partition coefficient (Wildman–Crippen LogP) is 4.86. The lowest BCUT2D eigenvalue weighted by molar-refractivity contribution is -0.143. The summed E-state index contributed by atoms with van der Waals surface area (Å²) < 4.78 is 5.91. The highest BCUT2D eigenvalue weighted by Gasteiger charge is 2.31. The molecule has 5 nitrogen and oxygen atoms in total. The molecule has 1 atom stereocenters. The number of aryl methyl sites for hydroxylation is 2. The Hall–Kier alpha value is -2.82. The number of nitrogens with zero attached hydrogens (tertiary/aromatic N) is 1. The molecule has 2 aromatic carbocycles. The summed E-state index contributed by atoms with van der Waals surface area (Å²) in [4.78, 5) is 28.3. The average molecular weight is 437 g/mol. The standard InChI is InChI=1S/C27H36N2O3/c1-5-24(27(31)28-23-14-8-9-15-23)29(17-22-13-7-6-11-20(22)3)26(30)18-32-25-16-10-12-19(2)21(25)4/h6-7,10-13,16,23-24H,5,8-9,14-15,17-18H2,1-4H3,(H,28,31). The van der Waals surface area contributed by atoms with Crippen molar-refractivity contribution >= 4 is 11.8 Å². The number of carbonyl (C=O) groups excluding carboxylic acids is 2. The Morgan fingerprint density at radius 2 is 1.72 bits per heavy atom. The molecule has 1 fully saturated rings. The lowest BCUT2D eigenvalue weighted by Gasteiger charge is -2.32. The van der Waals surface area contributed by atoms with Crippen molar-refractivity contribution in [1.82, 2.24) is 10.2 Å². The van der Waals surface area contributed by atoms with E-state index in [1.807, 2.05) is 70.2 Å². The fourth-order valence-corrected chi connectivity index (χ4v) is 4.36. The van der Waals surface area contributed by atoms with Crippen molar-refractivity contribution in [3.63, 3.8) is 0 Å². The Bertz CT molecular complexity index is 934. The van der Waals surface area contributed by atoms with E-state index in [0.29, 0.717) is 18.7 Å². The summed E-state index contributed by atoms with van der Waals surface area (Å²) in [5.74, 6) is 0.466. The smallest absolute Gasteiger partial charge is 0.261 e. The van der Waals surface area contributed by atoms with Crippen molar-refractivity contribution in [2.24, 2.45) is 0 Å². The Labute approximate surface area is 192 Å². The minimum absolute atomic E-state index is 0.0620. The first kappa shape index (κ1) is 23.8. The number of ether oxygens (including phenoxy) is 1. The number of rotatable bonds is 9. The third-order valence-electron chi connectivity index (χ3n) is 6.60. The molecule has 1 aliphatic rings. The topological polar surface area (TPSA) is 58.6 Å². The van der Waals surface area contributed by atoms with E-state index in [-0.39, 0.29) is 24.5 Å². The molecule has 32 heavy (non-hydrogen) atoms. The maximum atomic E-state index is 13.4. The summed E-state index contributed by atoms with van der Waals surface area (Å²) in [5.41, 5.74) is 4.29. The Morgan fingerprint density at radius 3 is 2.41 bits per heavy atom. The van der Waals surface area contributed by atoms with Gasteiger partial charge >= 0.3 is 0 Å². The van der Waals surface area contributed by atoms with E-state index in [2.05, 4.69) is 5.32 Å². The maximum Gasteiger partial charge on any atom is 0.261 e. The van der Waals surface area contributed by atoms with Crippen LogP contribution < -0.4 is 10.1 Å². The van der Waals surface area contributed by atoms with Gasteiger partial charge in [-0.15, -0.1) is 0 Å². The van der Waals surface area contributed by atoms with E-state index in [0.717, 1.165) is 47.9 Å². The summed E-state index contributed by atoms with van der Waals surface area (Å²) in [7, 11) is 0. The summed E-state index contributed by atoms with van der Waals surface area (Å²) in [5, 5.41) is 3.18. The van der Waals surface area contributed by atoms with Gasteiger partial charge < -0.3 is 15.0 Å². The van der Waals surface area contributed by atoms with E-state index in [1.54, 1.807) is 4.90 Å². The molecule has 0 aliphatic heterocycles. The normalized spacial score (nSPS) is 14.8. The molecule has 5 heteroatoms. The minimum Gasteiger partial charge on any atom is -0.483 e. The van der Waals surface area contributed by atoms with Crippen LogP contribution >= 0.6 is 0 Å². The molecule has 1 aliphatic carbocycles. The van der Waals surface area contributed by atoms with Gasteiger partial charge in [-0.2, -0.15) is 0 Å². The van der Waals surface area contributed by atoms with Crippen LogP contribution in [0.5, 0.6) is 5.75 Å². The highest BCUT2D eigenvalue weighted by Crippen LogP contribution is 2.22. The molecule has 0 aromatic heterocycles. The molecule has 2 aromatic rings. The fourth-order valence-electron chi connectivity index (χ4n) is 4.36. The average Bonchev–Trinajstić information content (AvgIpc) is 3.28. The Balaban J connectivity index is 1.79. The summed E-state index contributed by atoms with van der Waals surface area (Å²) in [6.07, 6.45) is 4.89. The zero-order valence-electron chi connectivity index (χ0n) is 19.8. The summed E-state index contributed by atoms with van der Waals surface area (Å²) in [6, 6.07) is 13.5. The number of carbonyl (C=O) groups is 2. The number of hydrogen-bond acceptors (Lipinski definition) is 3. The Kier molecular flexibility index (Phi) is 8.32. The van der Waals surface area contributed by atoms with Crippen molar-refractivity contribution < 1.29 is 14.3 Å². The highest BCUT2D eigenvalue weighted by atomic mass is 16.5. The van der Waals surface area contributed by atoms with Gasteiger partial charge in [-0.05, 0) is 68.4 Å². The van der Waals surface area contributed by atoms with Crippen LogP contribution in [-0.2, 0) is 16.1 Å². The Morgan fingerprint density at radius 1 is 1.03 bits per heavy atom. The predicted molar refractivity (Wildman–Crippen MR) is 128 cm³/mol. The molecule has 1 N–H and O–H groups in total. The van der Waals surface area contributed by atoms with Crippen LogP contribution in [0.4, 0.5) is 0 Å². The van der Waals surface area contributed by atoms with Crippen LogP contribution in [0.25, 0.3) is 0 Å². The molecule has 2 amide bonds. The van der Waals surface area contributed by atoms with Crippen molar-refractivity contribution in [2.75, 3.05) is 6.61 Å². The minimum atomic E-state index is -0.523. The number of hydrogen-bond donors (Lipinski definition) is 1. The second-order valence-electron chi connectivity index (χ2n) is 8.85. The lowest BCUT2D eigenvalue weighted by Crippen LogP contribution is -2.52. The first-order valence-electron chi connectivity index (χ1n) is 11.7. The lowest BCUT2D eigenvalue weighted by atomic mass is 10.1. The maximum absolute atomic E-state index is 13.4. The molecule has 0 spiro atoms. The van der Waals surface area contributed by atoms with Gasteiger partial charge in [-0.3, -0.25) is 9.59 Å². The largest absolute Gasteiger partial charge is 0.483 e. The monoisotopic (exact) mass is 436 g/mol. The van der Waals surface area contributed by atoms with Gasteiger partial charge in [-0.25, -0.2) is 0 Å². The third-order valence-corrected chi connectivity index (χ3v) is 6.60. The molecule has 172 valence electrons. The number of nitrogens with one attached hydrogen (secondary N) is 1. The van der Waals surface area contributed by atoms with E-state index in [4.69, 9.17) is 4.74 Å². The molecule has 1 unspecified atom stereocenters. The van der Waals surface area contributed by atoms with Crippen LogP contribution in [0.1, 0.15) is 61.3 Å². The van der Waals surface area contributed by atoms with Crippen LogP contribution in [0.2, 0.25) is 0 Å². The molecule has 0 heterocycles. The van der Waals surface area contributed by atoms with Gasteiger partial charge in [0.1, 0.15) is 11.8 Å². The quantitative estimate of drug-likeness (QED) is 0.611. The first-order chi connectivity index (χ1) is 15.4. The van der Waals surface area contributed by atoms with E-state index in [1.165, 1.54) is 0 Å². The van der Waals surface area contributed by atoms with Crippen LogP contribution in [0, 0.1) is 20.8 Å². The van der Waals surface area contributed by atoms with Crippen molar-refractivity contribution in [1.29, 1.82) is 0 Å². The molecular weight excluding hydrogens is 400 g/mol. The third kappa shape index (κ3) is 5.90. The molecule has 3 rings (SSSR count). The zero-order chi connectivity index (χ0) is 23.1. The van der Waals surface area contributed by atoms with E-state index in [9.17, 15) is 9.59 Å². The van der Waals surface area contributed by atoms with Crippen LogP contribution in [0.15, 0.2) is 42.5 Å². The van der Waals surface area contributed by atoms with Gasteiger partial charge in [0.15, 0.2) is 6.61 Å². The van der Waals surface area contributed by atoms with Crippen molar-refractivity contribution in [3.8, 4) is 5.75 Å². The molecular formula is C27H36N2O3. The molecule has 0 bridgehead atoms. The molecule has 0 saturated heterocycles. The second-order valence-corrected chi connectivity index (χ2v) is 8.85. The van der Waals surface area contributed by atoms with E-state index < -0.39 is 6.04 Å². The van der Waals surface area contributed by atoms with Crippen LogP contribution in [0.3, 0.4) is 0 Å².